The molecule has 0 bridgehead atoms. The molecular weight excluding hydrogens is 228 g/mol. The number of rotatable bonds is 5. The number of benzene rings is 1. The van der Waals surface area contributed by atoms with Crippen LogP contribution in [0.2, 0.25) is 0 Å². The maximum atomic E-state index is 9.30. The van der Waals surface area contributed by atoms with E-state index in [1.54, 1.807) is 18.3 Å². The standard InChI is InChI=1S/C13H18N4O/c1-2-13-12(15-8-7-14)9-16-17(13)10-3-5-11(18)6-4-10/h3-6,9,15,18H,2,7-8,14H2,1H3. The van der Waals surface area contributed by atoms with Crippen LogP contribution in [-0.2, 0) is 6.42 Å². The Balaban J connectivity index is 2.33. The maximum Gasteiger partial charge on any atom is 0.115 e. The van der Waals surface area contributed by atoms with Gasteiger partial charge in [0.15, 0.2) is 0 Å². The quantitative estimate of drug-likeness (QED) is 0.747. The molecule has 1 aromatic heterocycles. The molecule has 0 aliphatic carbocycles. The van der Waals surface area contributed by atoms with Gasteiger partial charge in [-0.25, -0.2) is 4.68 Å². The van der Waals surface area contributed by atoms with E-state index in [2.05, 4.69) is 17.3 Å². The summed E-state index contributed by atoms with van der Waals surface area (Å²) in [4.78, 5) is 0. The second-order valence-electron chi connectivity index (χ2n) is 4.00. The summed E-state index contributed by atoms with van der Waals surface area (Å²) >= 11 is 0. The first-order valence-corrected chi connectivity index (χ1v) is 6.06. The Morgan fingerprint density at radius 1 is 1.33 bits per heavy atom. The summed E-state index contributed by atoms with van der Waals surface area (Å²) in [7, 11) is 0. The molecule has 4 N–H and O–H groups in total. The van der Waals surface area contributed by atoms with Gasteiger partial charge < -0.3 is 16.2 Å². The molecule has 2 aromatic rings. The van der Waals surface area contributed by atoms with Gasteiger partial charge in [0.25, 0.3) is 0 Å². The molecule has 5 heteroatoms. The summed E-state index contributed by atoms with van der Waals surface area (Å²) in [6.07, 6.45) is 2.68. The van der Waals surface area contributed by atoms with Gasteiger partial charge in [-0.2, -0.15) is 5.10 Å². The van der Waals surface area contributed by atoms with Crippen molar-refractivity contribution < 1.29 is 5.11 Å². The van der Waals surface area contributed by atoms with E-state index >= 15 is 0 Å². The molecule has 1 aromatic carbocycles. The Morgan fingerprint density at radius 3 is 2.67 bits per heavy atom. The summed E-state index contributed by atoms with van der Waals surface area (Å²) in [5, 5.41) is 16.9. The molecule has 18 heavy (non-hydrogen) atoms. The van der Waals surface area contributed by atoms with Gasteiger partial charge in [-0.3, -0.25) is 0 Å². The molecule has 0 atom stereocenters. The van der Waals surface area contributed by atoms with Gasteiger partial charge in [-0.15, -0.1) is 0 Å². The lowest BCUT2D eigenvalue weighted by molar-refractivity contribution is 0.475. The second-order valence-corrected chi connectivity index (χ2v) is 4.00. The smallest absolute Gasteiger partial charge is 0.115 e. The predicted molar refractivity (Wildman–Crippen MR) is 72.2 cm³/mol. The monoisotopic (exact) mass is 246 g/mol. The molecule has 0 fully saturated rings. The minimum absolute atomic E-state index is 0.255. The summed E-state index contributed by atoms with van der Waals surface area (Å²) in [6.45, 7) is 3.41. The molecule has 2 rings (SSSR count). The third-order valence-corrected chi connectivity index (χ3v) is 2.76. The zero-order valence-electron chi connectivity index (χ0n) is 10.4. The zero-order valence-corrected chi connectivity index (χ0v) is 10.4. The minimum atomic E-state index is 0.255. The lowest BCUT2D eigenvalue weighted by atomic mass is 10.2. The number of hydrogen-bond donors (Lipinski definition) is 3. The molecule has 0 aliphatic rings. The molecule has 0 saturated carbocycles. The van der Waals surface area contributed by atoms with Crippen LogP contribution in [0, 0.1) is 0 Å². The van der Waals surface area contributed by atoms with Crippen molar-refractivity contribution in [2.24, 2.45) is 5.73 Å². The number of hydrogen-bond acceptors (Lipinski definition) is 4. The van der Waals surface area contributed by atoms with Crippen molar-refractivity contribution in [1.29, 1.82) is 0 Å². The van der Waals surface area contributed by atoms with Gasteiger partial charge in [0.05, 0.1) is 23.3 Å². The average molecular weight is 246 g/mol. The van der Waals surface area contributed by atoms with E-state index in [0.717, 1.165) is 30.0 Å². The number of aromatic nitrogens is 2. The van der Waals surface area contributed by atoms with E-state index < -0.39 is 0 Å². The Morgan fingerprint density at radius 2 is 2.06 bits per heavy atom. The number of phenolic OH excluding ortho intramolecular Hbond substituents is 1. The number of anilines is 1. The van der Waals surface area contributed by atoms with Gasteiger partial charge in [0.2, 0.25) is 0 Å². The first kappa shape index (κ1) is 12.4. The van der Waals surface area contributed by atoms with E-state index in [1.165, 1.54) is 0 Å². The van der Waals surface area contributed by atoms with Crippen LogP contribution in [0.5, 0.6) is 5.75 Å². The summed E-state index contributed by atoms with van der Waals surface area (Å²) in [5.74, 6) is 0.255. The number of phenols is 1. The fourth-order valence-electron chi connectivity index (χ4n) is 1.88. The fourth-order valence-corrected chi connectivity index (χ4v) is 1.88. The van der Waals surface area contributed by atoms with Crippen molar-refractivity contribution in [3.8, 4) is 11.4 Å². The highest BCUT2D eigenvalue weighted by molar-refractivity contribution is 5.50. The molecule has 0 unspecified atom stereocenters. The largest absolute Gasteiger partial charge is 0.508 e. The molecule has 96 valence electrons. The number of aromatic hydroxyl groups is 1. The molecule has 1 heterocycles. The van der Waals surface area contributed by atoms with Crippen LogP contribution in [0.25, 0.3) is 5.69 Å². The van der Waals surface area contributed by atoms with Crippen LogP contribution in [0.3, 0.4) is 0 Å². The normalized spacial score (nSPS) is 10.6. The molecule has 0 saturated heterocycles. The van der Waals surface area contributed by atoms with Crippen molar-refractivity contribution in [2.45, 2.75) is 13.3 Å². The van der Waals surface area contributed by atoms with Gasteiger partial charge in [0.1, 0.15) is 5.75 Å². The highest BCUT2D eigenvalue weighted by Crippen LogP contribution is 2.21. The molecule has 5 nitrogen and oxygen atoms in total. The van der Waals surface area contributed by atoms with Crippen molar-refractivity contribution in [1.82, 2.24) is 9.78 Å². The van der Waals surface area contributed by atoms with E-state index in [9.17, 15) is 5.11 Å². The maximum absolute atomic E-state index is 9.30. The van der Waals surface area contributed by atoms with Gasteiger partial charge in [-0.05, 0) is 30.7 Å². The number of nitrogens with one attached hydrogen (secondary N) is 1. The van der Waals surface area contributed by atoms with Crippen LogP contribution in [0.4, 0.5) is 5.69 Å². The Hall–Kier alpha value is -2.01. The first-order chi connectivity index (χ1) is 8.76. The van der Waals surface area contributed by atoms with Crippen molar-refractivity contribution in [3.63, 3.8) is 0 Å². The summed E-state index contributed by atoms with van der Waals surface area (Å²) < 4.78 is 1.87. The molecule has 0 spiro atoms. The van der Waals surface area contributed by atoms with Gasteiger partial charge in [0, 0.05) is 13.1 Å². The Kier molecular flexibility index (Phi) is 3.84. The van der Waals surface area contributed by atoms with Crippen LogP contribution in [-0.4, -0.2) is 28.0 Å². The van der Waals surface area contributed by atoms with E-state index in [0.29, 0.717) is 6.54 Å². The topological polar surface area (TPSA) is 76.1 Å². The van der Waals surface area contributed by atoms with E-state index in [4.69, 9.17) is 5.73 Å². The fraction of sp³-hybridized carbons (Fsp3) is 0.308. The molecule has 0 amide bonds. The lowest BCUT2D eigenvalue weighted by Gasteiger charge is -2.09. The molecular formula is C13H18N4O. The lowest BCUT2D eigenvalue weighted by Crippen LogP contribution is -2.14. The van der Waals surface area contributed by atoms with Crippen LogP contribution in [0.15, 0.2) is 30.5 Å². The summed E-state index contributed by atoms with van der Waals surface area (Å²) in [6, 6.07) is 7.00. The highest BCUT2D eigenvalue weighted by Gasteiger charge is 2.09. The minimum Gasteiger partial charge on any atom is -0.508 e. The third-order valence-electron chi connectivity index (χ3n) is 2.76. The summed E-state index contributed by atoms with van der Waals surface area (Å²) in [5.41, 5.74) is 8.54. The Bertz CT molecular complexity index is 504. The highest BCUT2D eigenvalue weighted by atomic mass is 16.3. The average Bonchev–Trinajstić information content (AvgIpc) is 2.80. The number of nitrogens with zero attached hydrogens (tertiary/aromatic N) is 2. The predicted octanol–water partition coefficient (Wildman–Crippen LogP) is 1.51. The van der Waals surface area contributed by atoms with Crippen molar-refractivity contribution in [2.75, 3.05) is 18.4 Å². The Labute approximate surface area is 106 Å². The van der Waals surface area contributed by atoms with Gasteiger partial charge in [-0.1, -0.05) is 6.92 Å². The number of nitrogens with two attached hydrogens (primary N) is 1. The van der Waals surface area contributed by atoms with Crippen molar-refractivity contribution in [3.05, 3.63) is 36.2 Å². The first-order valence-electron chi connectivity index (χ1n) is 6.06. The molecule has 0 radical (unpaired) electrons. The van der Waals surface area contributed by atoms with Crippen LogP contribution < -0.4 is 11.1 Å². The van der Waals surface area contributed by atoms with Gasteiger partial charge >= 0.3 is 0 Å². The zero-order chi connectivity index (χ0) is 13.0. The van der Waals surface area contributed by atoms with Crippen LogP contribution in [0.1, 0.15) is 12.6 Å². The van der Waals surface area contributed by atoms with Crippen molar-refractivity contribution >= 4 is 5.69 Å². The SMILES string of the molecule is CCc1c(NCCN)cnn1-c1ccc(O)cc1. The van der Waals surface area contributed by atoms with E-state index in [-0.39, 0.29) is 5.75 Å². The van der Waals surface area contributed by atoms with E-state index in [1.807, 2.05) is 16.8 Å². The van der Waals surface area contributed by atoms with Crippen LogP contribution >= 0.6 is 0 Å². The second kappa shape index (κ2) is 5.55. The third kappa shape index (κ3) is 2.46. The molecule has 0 aliphatic heterocycles.